The molecule has 0 radical (unpaired) electrons. The van der Waals surface area contributed by atoms with Crippen molar-refractivity contribution in [3.63, 3.8) is 0 Å². The van der Waals surface area contributed by atoms with E-state index in [0.29, 0.717) is 0 Å². The summed E-state index contributed by atoms with van der Waals surface area (Å²) in [6, 6.07) is 30.5. The van der Waals surface area contributed by atoms with Crippen LogP contribution in [0.3, 0.4) is 0 Å². The summed E-state index contributed by atoms with van der Waals surface area (Å²) in [5, 5.41) is 4.57. The molecule has 4 heteroatoms. The smallest absolute Gasteiger partial charge is 0.217 e. The molecular formula is C23H19N3O. The number of nitrogens with zero attached hydrogens (tertiary/aromatic N) is 3. The minimum Gasteiger partial charge on any atom is -0.291 e. The van der Waals surface area contributed by atoms with Gasteiger partial charge in [0.2, 0.25) is 5.82 Å². The molecule has 4 rings (SSSR count). The number of hydrogen-bond acceptors (Lipinski definition) is 3. The summed E-state index contributed by atoms with van der Waals surface area (Å²) in [7, 11) is 0. The van der Waals surface area contributed by atoms with Crippen molar-refractivity contribution in [1.82, 2.24) is 14.8 Å². The van der Waals surface area contributed by atoms with Gasteiger partial charge in [0.15, 0.2) is 5.78 Å². The van der Waals surface area contributed by atoms with Crippen LogP contribution in [0.2, 0.25) is 0 Å². The van der Waals surface area contributed by atoms with Crippen LogP contribution >= 0.6 is 0 Å². The van der Waals surface area contributed by atoms with Gasteiger partial charge in [-0.1, -0.05) is 91.0 Å². The highest BCUT2D eigenvalue weighted by molar-refractivity contribution is 5.90. The lowest BCUT2D eigenvalue weighted by molar-refractivity contribution is 0.100. The molecule has 0 bridgehead atoms. The first kappa shape index (κ1) is 16.9. The molecule has 0 spiro atoms. The summed E-state index contributed by atoms with van der Waals surface area (Å²) in [6.07, 6.45) is 1.64. The third-order valence-electron chi connectivity index (χ3n) is 4.73. The van der Waals surface area contributed by atoms with Gasteiger partial charge in [0.25, 0.3) is 0 Å². The van der Waals surface area contributed by atoms with Crippen molar-refractivity contribution in [1.29, 1.82) is 0 Å². The highest BCUT2D eigenvalue weighted by Gasteiger charge is 2.39. The number of carbonyl (C=O) groups is 1. The zero-order chi connectivity index (χ0) is 18.7. The summed E-state index contributed by atoms with van der Waals surface area (Å²) in [6.45, 7) is 1.48. The maximum absolute atomic E-state index is 11.9. The minimum atomic E-state index is -0.732. The molecule has 0 aliphatic heterocycles. The van der Waals surface area contributed by atoms with E-state index in [2.05, 4.69) is 46.5 Å². The lowest BCUT2D eigenvalue weighted by atomic mass is 9.77. The van der Waals surface area contributed by atoms with Crippen LogP contribution < -0.4 is 0 Å². The van der Waals surface area contributed by atoms with Crippen LogP contribution in [0.15, 0.2) is 97.3 Å². The Bertz CT molecular complexity index is 944. The fourth-order valence-corrected chi connectivity index (χ4v) is 3.52. The van der Waals surface area contributed by atoms with Crippen molar-refractivity contribution < 1.29 is 4.79 Å². The van der Waals surface area contributed by atoms with Crippen LogP contribution in [0.25, 0.3) is 0 Å². The Morgan fingerprint density at radius 2 is 1.15 bits per heavy atom. The van der Waals surface area contributed by atoms with E-state index in [0.717, 1.165) is 16.7 Å². The first-order valence-corrected chi connectivity index (χ1v) is 8.82. The van der Waals surface area contributed by atoms with E-state index < -0.39 is 5.54 Å². The zero-order valence-corrected chi connectivity index (χ0v) is 15.0. The van der Waals surface area contributed by atoms with Crippen LogP contribution in [-0.2, 0) is 5.54 Å². The van der Waals surface area contributed by atoms with Crippen LogP contribution in [0.1, 0.15) is 34.2 Å². The van der Waals surface area contributed by atoms with Gasteiger partial charge in [-0.15, -0.1) is 5.10 Å². The number of aromatic nitrogens is 3. The van der Waals surface area contributed by atoms with E-state index in [1.165, 1.54) is 6.92 Å². The quantitative estimate of drug-likeness (QED) is 0.396. The van der Waals surface area contributed by atoms with E-state index in [1.807, 2.05) is 54.6 Å². The van der Waals surface area contributed by atoms with Gasteiger partial charge in [-0.25, -0.2) is 9.67 Å². The molecule has 4 aromatic rings. The maximum Gasteiger partial charge on any atom is 0.217 e. The third kappa shape index (κ3) is 2.85. The van der Waals surface area contributed by atoms with Gasteiger partial charge in [0, 0.05) is 6.92 Å². The van der Waals surface area contributed by atoms with Crippen molar-refractivity contribution in [2.24, 2.45) is 0 Å². The van der Waals surface area contributed by atoms with Gasteiger partial charge >= 0.3 is 0 Å². The van der Waals surface area contributed by atoms with Crippen molar-refractivity contribution in [2.75, 3.05) is 0 Å². The summed E-state index contributed by atoms with van der Waals surface area (Å²) in [5.74, 6) is 0.0546. The van der Waals surface area contributed by atoms with Crippen molar-refractivity contribution in [3.8, 4) is 0 Å². The zero-order valence-electron chi connectivity index (χ0n) is 15.0. The topological polar surface area (TPSA) is 47.8 Å². The van der Waals surface area contributed by atoms with Crippen LogP contribution in [-0.4, -0.2) is 20.5 Å². The second-order valence-corrected chi connectivity index (χ2v) is 6.38. The fourth-order valence-electron chi connectivity index (χ4n) is 3.52. The van der Waals surface area contributed by atoms with Gasteiger partial charge in [0.05, 0.1) is 0 Å². The number of Topliss-reactive ketones (excluding diaryl/α,β-unsaturated/α-hetero) is 1. The number of rotatable bonds is 5. The Morgan fingerprint density at radius 3 is 1.48 bits per heavy atom. The van der Waals surface area contributed by atoms with E-state index in [4.69, 9.17) is 0 Å². The molecule has 0 saturated heterocycles. The largest absolute Gasteiger partial charge is 0.291 e. The van der Waals surface area contributed by atoms with Crippen LogP contribution in [0.4, 0.5) is 0 Å². The molecule has 3 aromatic carbocycles. The monoisotopic (exact) mass is 353 g/mol. The third-order valence-corrected chi connectivity index (χ3v) is 4.73. The van der Waals surface area contributed by atoms with E-state index in [1.54, 1.807) is 11.0 Å². The Kier molecular flexibility index (Phi) is 4.38. The molecule has 0 aliphatic rings. The van der Waals surface area contributed by atoms with Gasteiger partial charge in [-0.2, -0.15) is 0 Å². The van der Waals surface area contributed by atoms with Crippen molar-refractivity contribution in [3.05, 3.63) is 120 Å². The molecule has 0 amide bonds. The molecule has 0 N–H and O–H groups in total. The second-order valence-electron chi connectivity index (χ2n) is 6.38. The summed E-state index contributed by atoms with van der Waals surface area (Å²) >= 11 is 0. The van der Waals surface area contributed by atoms with Gasteiger partial charge in [-0.3, -0.25) is 4.79 Å². The van der Waals surface area contributed by atoms with Gasteiger partial charge in [0.1, 0.15) is 11.9 Å². The number of benzene rings is 3. The highest BCUT2D eigenvalue weighted by Crippen LogP contribution is 2.39. The Hall–Kier alpha value is -3.53. The number of ketones is 1. The SMILES string of the molecule is CC(=O)c1ncn(C(c2ccccc2)(c2ccccc2)c2ccccc2)n1. The first-order valence-electron chi connectivity index (χ1n) is 8.82. The summed E-state index contributed by atoms with van der Waals surface area (Å²) in [5.41, 5.74) is 2.40. The van der Waals surface area contributed by atoms with Crippen molar-refractivity contribution >= 4 is 5.78 Å². The highest BCUT2D eigenvalue weighted by atomic mass is 16.1. The van der Waals surface area contributed by atoms with Gasteiger partial charge in [-0.05, 0) is 16.7 Å². The Morgan fingerprint density at radius 1 is 0.741 bits per heavy atom. The molecule has 132 valence electrons. The predicted molar refractivity (Wildman–Crippen MR) is 105 cm³/mol. The lowest BCUT2D eigenvalue weighted by Crippen LogP contribution is -2.38. The van der Waals surface area contributed by atoms with Crippen molar-refractivity contribution in [2.45, 2.75) is 12.5 Å². The summed E-state index contributed by atoms with van der Waals surface area (Å²) in [4.78, 5) is 16.1. The average molecular weight is 353 g/mol. The first-order chi connectivity index (χ1) is 13.2. The molecule has 0 saturated carbocycles. The molecular weight excluding hydrogens is 334 g/mol. The fraction of sp³-hybridized carbons (Fsp3) is 0.0870. The molecule has 1 aromatic heterocycles. The predicted octanol–water partition coefficient (Wildman–Crippen LogP) is 4.32. The molecule has 27 heavy (non-hydrogen) atoms. The molecule has 1 heterocycles. The molecule has 0 fully saturated rings. The average Bonchev–Trinajstić information content (AvgIpc) is 3.22. The maximum atomic E-state index is 11.9. The Balaban J connectivity index is 2.10. The standard InChI is InChI=1S/C23H19N3O/c1-18(27)22-24-17-26(25-22)23(19-11-5-2-6-12-19,20-13-7-3-8-14-20)21-15-9-4-10-16-21/h2-17H,1H3. The summed E-state index contributed by atoms with van der Waals surface area (Å²) < 4.78 is 1.80. The van der Waals surface area contributed by atoms with E-state index in [9.17, 15) is 4.79 Å². The number of hydrogen-bond donors (Lipinski definition) is 0. The minimum absolute atomic E-state index is 0.156. The second kappa shape index (κ2) is 7.00. The molecule has 0 unspecified atom stereocenters. The normalized spacial score (nSPS) is 11.3. The molecule has 4 nitrogen and oxygen atoms in total. The number of carbonyl (C=O) groups excluding carboxylic acids is 1. The molecule has 0 atom stereocenters. The Labute approximate surface area is 158 Å². The van der Waals surface area contributed by atoms with Gasteiger partial charge < -0.3 is 0 Å². The van der Waals surface area contributed by atoms with Crippen LogP contribution in [0.5, 0.6) is 0 Å². The van der Waals surface area contributed by atoms with E-state index >= 15 is 0 Å². The van der Waals surface area contributed by atoms with E-state index in [-0.39, 0.29) is 11.6 Å². The lowest BCUT2D eigenvalue weighted by Gasteiger charge is -2.35. The van der Waals surface area contributed by atoms with Crippen LogP contribution in [0, 0.1) is 0 Å². The molecule has 0 aliphatic carbocycles.